The van der Waals surface area contributed by atoms with Crippen LogP contribution in [0.15, 0.2) is 48.5 Å². The molecule has 0 radical (unpaired) electrons. The number of hydrogen-bond acceptors (Lipinski definition) is 4. The summed E-state index contributed by atoms with van der Waals surface area (Å²) in [6.07, 6.45) is 2.00. The smallest absolute Gasteiger partial charge is 0.246 e. The van der Waals surface area contributed by atoms with Gasteiger partial charge in [0.1, 0.15) is 11.9 Å². The van der Waals surface area contributed by atoms with E-state index in [1.807, 2.05) is 31.2 Å². The lowest BCUT2D eigenvalue weighted by Gasteiger charge is -2.19. The van der Waals surface area contributed by atoms with Crippen LogP contribution in [0.1, 0.15) is 24.8 Å². The van der Waals surface area contributed by atoms with Gasteiger partial charge in [0.25, 0.3) is 0 Å². The Morgan fingerprint density at radius 1 is 1.00 bits per heavy atom. The summed E-state index contributed by atoms with van der Waals surface area (Å²) in [6.45, 7) is 2.48. The van der Waals surface area contributed by atoms with Gasteiger partial charge in [0.05, 0.1) is 6.54 Å². The van der Waals surface area contributed by atoms with Crippen molar-refractivity contribution < 1.29 is 14.0 Å². The zero-order valence-electron chi connectivity index (χ0n) is 16.0. The van der Waals surface area contributed by atoms with E-state index >= 15 is 0 Å². The number of hydrogen-bond donors (Lipinski definition) is 4. The molecule has 2 amide bonds. The van der Waals surface area contributed by atoms with Crippen molar-refractivity contribution in [2.45, 2.75) is 32.2 Å². The molecule has 0 aliphatic rings. The van der Waals surface area contributed by atoms with E-state index < -0.39 is 6.04 Å². The lowest BCUT2D eigenvalue weighted by Crippen LogP contribution is -2.45. The quantitative estimate of drug-likeness (QED) is 0.472. The molecule has 2 rings (SSSR count). The lowest BCUT2D eigenvalue weighted by atomic mass is 10.1. The maximum absolute atomic E-state index is 12.9. The van der Waals surface area contributed by atoms with Crippen molar-refractivity contribution in [2.24, 2.45) is 5.73 Å². The average molecular weight is 386 g/mol. The molecule has 6 nitrogen and oxygen atoms in total. The highest BCUT2D eigenvalue weighted by Crippen LogP contribution is 2.11. The van der Waals surface area contributed by atoms with Crippen LogP contribution < -0.4 is 21.7 Å². The predicted octanol–water partition coefficient (Wildman–Crippen LogP) is 2.80. The van der Waals surface area contributed by atoms with Crippen LogP contribution in [0, 0.1) is 12.7 Å². The topological polar surface area (TPSA) is 96.2 Å². The fourth-order valence-corrected chi connectivity index (χ4v) is 2.62. The van der Waals surface area contributed by atoms with Gasteiger partial charge in [-0.25, -0.2) is 4.39 Å². The van der Waals surface area contributed by atoms with E-state index in [2.05, 4.69) is 16.0 Å². The fourth-order valence-electron chi connectivity index (χ4n) is 2.62. The van der Waals surface area contributed by atoms with Crippen LogP contribution in [0.4, 0.5) is 15.8 Å². The van der Waals surface area contributed by atoms with Gasteiger partial charge in [-0.05, 0) is 69.1 Å². The molecule has 28 heavy (non-hydrogen) atoms. The Bertz CT molecular complexity index is 763. The molecular weight excluding hydrogens is 359 g/mol. The van der Waals surface area contributed by atoms with E-state index in [1.165, 1.54) is 12.1 Å². The van der Waals surface area contributed by atoms with Crippen molar-refractivity contribution in [3.05, 3.63) is 59.9 Å². The number of aryl methyl sites for hydroxylation is 1. The van der Waals surface area contributed by atoms with Crippen LogP contribution in [0.25, 0.3) is 0 Å². The fraction of sp³-hybridized carbons (Fsp3) is 0.333. The first kappa shape index (κ1) is 21.4. The zero-order chi connectivity index (χ0) is 20.4. The average Bonchev–Trinajstić information content (AvgIpc) is 2.68. The Hall–Kier alpha value is -2.93. The van der Waals surface area contributed by atoms with Gasteiger partial charge < -0.3 is 21.7 Å². The van der Waals surface area contributed by atoms with E-state index in [0.29, 0.717) is 24.3 Å². The van der Waals surface area contributed by atoms with Crippen LogP contribution in [0.2, 0.25) is 0 Å². The molecule has 0 saturated carbocycles. The SMILES string of the molecule is Cc1ccc(NC(=O)[C@H](CCCCN)NC(=O)CNc2ccc(F)cc2)cc1. The maximum atomic E-state index is 12.9. The normalized spacial score (nSPS) is 11.5. The molecule has 150 valence electrons. The van der Waals surface area contributed by atoms with Gasteiger partial charge in [-0.2, -0.15) is 0 Å². The summed E-state index contributed by atoms with van der Waals surface area (Å²) in [6, 6.07) is 12.5. The van der Waals surface area contributed by atoms with Gasteiger partial charge in [0.15, 0.2) is 0 Å². The first-order valence-corrected chi connectivity index (χ1v) is 9.34. The molecule has 5 N–H and O–H groups in total. The number of halogens is 1. The van der Waals surface area contributed by atoms with E-state index in [1.54, 1.807) is 12.1 Å². The molecule has 0 spiro atoms. The third-order valence-electron chi connectivity index (χ3n) is 4.22. The van der Waals surface area contributed by atoms with E-state index in [4.69, 9.17) is 5.73 Å². The number of nitrogens with one attached hydrogen (secondary N) is 3. The summed E-state index contributed by atoms with van der Waals surface area (Å²) in [4.78, 5) is 24.9. The molecule has 0 unspecified atom stereocenters. The van der Waals surface area contributed by atoms with Crippen LogP contribution >= 0.6 is 0 Å². The minimum absolute atomic E-state index is 0.0170. The molecule has 0 saturated heterocycles. The largest absolute Gasteiger partial charge is 0.376 e. The Morgan fingerprint density at radius 2 is 1.64 bits per heavy atom. The van der Waals surface area contributed by atoms with Gasteiger partial charge in [-0.1, -0.05) is 17.7 Å². The zero-order valence-corrected chi connectivity index (χ0v) is 16.0. The van der Waals surface area contributed by atoms with Crippen molar-refractivity contribution in [3.63, 3.8) is 0 Å². The van der Waals surface area contributed by atoms with E-state index in [9.17, 15) is 14.0 Å². The molecule has 0 fully saturated rings. The van der Waals surface area contributed by atoms with Crippen molar-refractivity contribution in [2.75, 3.05) is 23.7 Å². The molecule has 0 aliphatic heterocycles. The minimum atomic E-state index is -0.657. The van der Waals surface area contributed by atoms with Crippen LogP contribution in [-0.4, -0.2) is 30.9 Å². The Kier molecular flexibility index (Phi) is 8.42. The van der Waals surface area contributed by atoms with Gasteiger partial charge >= 0.3 is 0 Å². The molecule has 1 atom stereocenters. The highest BCUT2D eigenvalue weighted by Gasteiger charge is 2.20. The summed E-state index contributed by atoms with van der Waals surface area (Å²) in [5, 5.41) is 8.50. The second-order valence-electron chi connectivity index (χ2n) is 6.62. The number of benzene rings is 2. The number of anilines is 2. The van der Waals surface area contributed by atoms with Crippen molar-refractivity contribution >= 4 is 23.2 Å². The summed E-state index contributed by atoms with van der Waals surface area (Å²) < 4.78 is 12.9. The molecule has 0 aliphatic carbocycles. The third-order valence-corrected chi connectivity index (χ3v) is 4.22. The standard InChI is InChI=1S/C21H27FN4O2/c1-15-5-9-18(10-6-15)25-21(28)19(4-2-3-13-23)26-20(27)14-24-17-11-7-16(22)8-12-17/h5-12,19,24H,2-4,13-14,23H2,1H3,(H,25,28)(H,26,27)/t19-/m0/s1. The van der Waals surface area contributed by atoms with Gasteiger partial charge in [-0.3, -0.25) is 9.59 Å². The monoisotopic (exact) mass is 386 g/mol. The molecule has 0 heterocycles. The first-order valence-electron chi connectivity index (χ1n) is 9.34. The lowest BCUT2D eigenvalue weighted by molar-refractivity contribution is -0.125. The molecule has 0 aromatic heterocycles. The Labute approximate surface area is 164 Å². The minimum Gasteiger partial charge on any atom is -0.376 e. The van der Waals surface area contributed by atoms with Crippen molar-refractivity contribution in [1.29, 1.82) is 0 Å². The third kappa shape index (κ3) is 7.36. The summed E-state index contributed by atoms with van der Waals surface area (Å²) in [7, 11) is 0. The van der Waals surface area contributed by atoms with E-state index in [0.717, 1.165) is 18.4 Å². The predicted molar refractivity (Wildman–Crippen MR) is 110 cm³/mol. The second-order valence-corrected chi connectivity index (χ2v) is 6.62. The maximum Gasteiger partial charge on any atom is 0.246 e. The molecule has 7 heteroatoms. The molecule has 0 bridgehead atoms. The van der Waals surface area contributed by atoms with Crippen LogP contribution in [0.3, 0.4) is 0 Å². The summed E-state index contributed by atoms with van der Waals surface area (Å²) in [5.41, 5.74) is 7.93. The highest BCUT2D eigenvalue weighted by molar-refractivity contribution is 5.97. The number of amides is 2. The van der Waals surface area contributed by atoms with Crippen molar-refractivity contribution in [1.82, 2.24) is 5.32 Å². The first-order chi connectivity index (χ1) is 13.5. The number of rotatable bonds is 10. The number of carbonyl (C=O) groups is 2. The van der Waals surface area contributed by atoms with Crippen LogP contribution in [0.5, 0.6) is 0 Å². The number of carbonyl (C=O) groups excluding carboxylic acids is 2. The number of nitrogens with two attached hydrogens (primary N) is 1. The van der Waals surface area contributed by atoms with Gasteiger partial charge in [0.2, 0.25) is 11.8 Å². The summed E-state index contributed by atoms with van der Waals surface area (Å²) >= 11 is 0. The van der Waals surface area contributed by atoms with Crippen LogP contribution in [-0.2, 0) is 9.59 Å². The molecule has 2 aromatic carbocycles. The summed E-state index contributed by atoms with van der Waals surface area (Å²) in [5.74, 6) is -0.931. The Balaban J connectivity index is 1.92. The van der Waals surface area contributed by atoms with Gasteiger partial charge in [-0.15, -0.1) is 0 Å². The van der Waals surface area contributed by atoms with Gasteiger partial charge in [0, 0.05) is 11.4 Å². The van der Waals surface area contributed by atoms with E-state index in [-0.39, 0.29) is 24.2 Å². The highest BCUT2D eigenvalue weighted by atomic mass is 19.1. The van der Waals surface area contributed by atoms with Crippen molar-refractivity contribution in [3.8, 4) is 0 Å². The second kappa shape index (κ2) is 11.0. The number of unbranched alkanes of at least 4 members (excludes halogenated alkanes) is 1. The molecule has 2 aromatic rings. The Morgan fingerprint density at radius 3 is 2.29 bits per heavy atom. The molecular formula is C21H27FN4O2.